The van der Waals surface area contributed by atoms with Gasteiger partial charge in [0.05, 0.1) is 13.1 Å². The minimum atomic E-state index is -0.316. The SMILES string of the molecule is NC(=O)CN1CCN(CC(=O)Nc2ccc(Cl)cc2)CC1. The van der Waals surface area contributed by atoms with E-state index in [9.17, 15) is 9.59 Å². The number of nitrogens with two attached hydrogens (primary N) is 1. The number of nitrogens with zero attached hydrogens (tertiary/aromatic N) is 2. The normalized spacial score (nSPS) is 16.6. The lowest BCUT2D eigenvalue weighted by Gasteiger charge is -2.33. The van der Waals surface area contributed by atoms with Gasteiger partial charge in [-0.15, -0.1) is 0 Å². The van der Waals surface area contributed by atoms with E-state index in [0.717, 1.165) is 31.9 Å². The van der Waals surface area contributed by atoms with Gasteiger partial charge in [0.1, 0.15) is 0 Å². The van der Waals surface area contributed by atoms with Gasteiger partial charge in [-0.05, 0) is 24.3 Å². The lowest BCUT2D eigenvalue weighted by atomic mass is 10.3. The second-order valence-electron chi connectivity index (χ2n) is 5.07. The highest BCUT2D eigenvalue weighted by Crippen LogP contribution is 2.13. The zero-order valence-electron chi connectivity index (χ0n) is 11.7. The molecule has 0 aliphatic carbocycles. The van der Waals surface area contributed by atoms with E-state index in [2.05, 4.69) is 10.2 Å². The van der Waals surface area contributed by atoms with E-state index in [1.807, 2.05) is 4.90 Å². The smallest absolute Gasteiger partial charge is 0.238 e. The Morgan fingerprint density at radius 2 is 1.57 bits per heavy atom. The summed E-state index contributed by atoms with van der Waals surface area (Å²) in [5.41, 5.74) is 5.90. The quantitative estimate of drug-likeness (QED) is 0.824. The first-order valence-electron chi connectivity index (χ1n) is 6.81. The fourth-order valence-corrected chi connectivity index (χ4v) is 2.39. The highest BCUT2D eigenvalue weighted by molar-refractivity contribution is 6.30. The number of benzene rings is 1. The molecule has 1 saturated heterocycles. The number of nitrogens with one attached hydrogen (secondary N) is 1. The van der Waals surface area contributed by atoms with Crippen LogP contribution in [0.2, 0.25) is 5.02 Å². The van der Waals surface area contributed by atoms with E-state index in [0.29, 0.717) is 11.6 Å². The number of amides is 2. The Bertz CT molecular complexity index is 498. The van der Waals surface area contributed by atoms with Gasteiger partial charge in [-0.1, -0.05) is 11.6 Å². The molecule has 0 radical (unpaired) electrons. The second-order valence-corrected chi connectivity index (χ2v) is 5.51. The molecule has 3 N–H and O–H groups in total. The van der Waals surface area contributed by atoms with Crippen LogP contribution in [-0.2, 0) is 9.59 Å². The number of anilines is 1. The molecule has 114 valence electrons. The molecule has 1 aromatic rings. The van der Waals surface area contributed by atoms with Gasteiger partial charge in [0.2, 0.25) is 11.8 Å². The molecule has 1 aliphatic rings. The van der Waals surface area contributed by atoms with Crippen LogP contribution in [0.1, 0.15) is 0 Å². The van der Waals surface area contributed by atoms with Crippen molar-refractivity contribution in [3.63, 3.8) is 0 Å². The molecule has 0 bridgehead atoms. The van der Waals surface area contributed by atoms with Crippen molar-refractivity contribution < 1.29 is 9.59 Å². The molecule has 0 saturated carbocycles. The van der Waals surface area contributed by atoms with Gasteiger partial charge in [0.25, 0.3) is 0 Å². The number of rotatable bonds is 5. The maximum atomic E-state index is 12.0. The van der Waals surface area contributed by atoms with Crippen LogP contribution < -0.4 is 11.1 Å². The molecule has 1 heterocycles. The first-order chi connectivity index (χ1) is 10.0. The first-order valence-corrected chi connectivity index (χ1v) is 7.19. The van der Waals surface area contributed by atoms with Gasteiger partial charge in [-0.25, -0.2) is 0 Å². The topological polar surface area (TPSA) is 78.7 Å². The summed E-state index contributed by atoms with van der Waals surface area (Å²) in [6, 6.07) is 7.01. The third-order valence-corrected chi connectivity index (χ3v) is 3.59. The zero-order chi connectivity index (χ0) is 15.2. The first kappa shape index (κ1) is 15.8. The van der Waals surface area contributed by atoms with Gasteiger partial charge >= 0.3 is 0 Å². The average molecular weight is 311 g/mol. The lowest BCUT2D eigenvalue weighted by Crippen LogP contribution is -2.50. The van der Waals surface area contributed by atoms with Gasteiger partial charge < -0.3 is 11.1 Å². The largest absolute Gasteiger partial charge is 0.369 e. The summed E-state index contributed by atoms with van der Waals surface area (Å²) < 4.78 is 0. The standard InChI is InChI=1S/C14H19ClN4O2/c15-11-1-3-12(4-2-11)17-14(21)10-19-7-5-18(6-8-19)9-13(16)20/h1-4H,5-10H2,(H2,16,20)(H,17,21). The summed E-state index contributed by atoms with van der Waals surface area (Å²) in [5.74, 6) is -0.371. The van der Waals surface area contributed by atoms with Crippen LogP contribution in [0.25, 0.3) is 0 Å². The summed E-state index contributed by atoms with van der Waals surface area (Å²) >= 11 is 5.80. The van der Waals surface area contributed by atoms with E-state index in [4.69, 9.17) is 17.3 Å². The third kappa shape index (κ3) is 5.34. The van der Waals surface area contributed by atoms with E-state index in [1.54, 1.807) is 24.3 Å². The molecule has 0 aromatic heterocycles. The summed E-state index contributed by atoms with van der Waals surface area (Å²) in [5, 5.41) is 3.47. The van der Waals surface area contributed by atoms with Crippen LogP contribution in [0.5, 0.6) is 0 Å². The van der Waals surface area contributed by atoms with Crippen molar-refractivity contribution in [3.8, 4) is 0 Å². The Morgan fingerprint density at radius 3 is 2.10 bits per heavy atom. The van der Waals surface area contributed by atoms with Crippen LogP contribution in [0.4, 0.5) is 5.69 Å². The monoisotopic (exact) mass is 310 g/mol. The number of piperazine rings is 1. The predicted octanol–water partition coefficient (Wildman–Crippen LogP) is 0.381. The van der Waals surface area contributed by atoms with Crippen molar-refractivity contribution in [2.24, 2.45) is 5.73 Å². The van der Waals surface area contributed by atoms with E-state index in [1.165, 1.54) is 0 Å². The van der Waals surface area contributed by atoms with Crippen molar-refractivity contribution in [2.45, 2.75) is 0 Å². The predicted molar refractivity (Wildman–Crippen MR) is 82.2 cm³/mol. The molecule has 0 atom stereocenters. The maximum absolute atomic E-state index is 12.0. The Labute approximate surface area is 128 Å². The van der Waals surface area contributed by atoms with E-state index in [-0.39, 0.29) is 18.4 Å². The number of primary amides is 1. The van der Waals surface area contributed by atoms with Gasteiger partial charge in [-0.3, -0.25) is 19.4 Å². The Morgan fingerprint density at radius 1 is 1.05 bits per heavy atom. The number of hydrogen-bond donors (Lipinski definition) is 2. The van der Waals surface area contributed by atoms with Crippen LogP contribution >= 0.6 is 11.6 Å². The zero-order valence-corrected chi connectivity index (χ0v) is 12.5. The van der Waals surface area contributed by atoms with Crippen LogP contribution in [0, 0.1) is 0 Å². The molecule has 1 aromatic carbocycles. The summed E-state index contributed by atoms with van der Waals surface area (Å²) in [6.45, 7) is 3.62. The summed E-state index contributed by atoms with van der Waals surface area (Å²) in [6.07, 6.45) is 0. The molecule has 0 unspecified atom stereocenters. The van der Waals surface area contributed by atoms with Crippen molar-refractivity contribution >= 4 is 29.1 Å². The molecular weight excluding hydrogens is 292 g/mol. The lowest BCUT2D eigenvalue weighted by molar-refractivity contribution is -0.121. The van der Waals surface area contributed by atoms with Gasteiger partial charge in [0, 0.05) is 36.9 Å². The van der Waals surface area contributed by atoms with Crippen molar-refractivity contribution in [1.82, 2.24) is 9.80 Å². The molecule has 1 aliphatic heterocycles. The fraction of sp³-hybridized carbons (Fsp3) is 0.429. The molecule has 7 heteroatoms. The van der Waals surface area contributed by atoms with Crippen molar-refractivity contribution in [2.75, 3.05) is 44.6 Å². The molecular formula is C14H19ClN4O2. The highest BCUT2D eigenvalue weighted by Gasteiger charge is 2.19. The van der Waals surface area contributed by atoms with Gasteiger partial charge in [-0.2, -0.15) is 0 Å². The third-order valence-electron chi connectivity index (χ3n) is 3.34. The fourth-order valence-electron chi connectivity index (χ4n) is 2.26. The minimum absolute atomic E-state index is 0.0549. The van der Waals surface area contributed by atoms with E-state index < -0.39 is 0 Å². The minimum Gasteiger partial charge on any atom is -0.369 e. The Balaban J connectivity index is 1.74. The number of carbonyl (C=O) groups excluding carboxylic acids is 2. The van der Waals surface area contributed by atoms with Gasteiger partial charge in [0.15, 0.2) is 0 Å². The average Bonchev–Trinajstić information content (AvgIpc) is 2.43. The molecule has 6 nitrogen and oxygen atoms in total. The molecule has 1 fully saturated rings. The van der Waals surface area contributed by atoms with Crippen molar-refractivity contribution in [1.29, 1.82) is 0 Å². The molecule has 2 rings (SSSR count). The maximum Gasteiger partial charge on any atom is 0.238 e. The van der Waals surface area contributed by atoms with Crippen molar-refractivity contribution in [3.05, 3.63) is 29.3 Å². The van der Waals surface area contributed by atoms with Crippen LogP contribution in [-0.4, -0.2) is 60.9 Å². The highest BCUT2D eigenvalue weighted by atomic mass is 35.5. The Kier molecular flexibility index (Phi) is 5.55. The van der Waals surface area contributed by atoms with Crippen LogP contribution in [0.15, 0.2) is 24.3 Å². The number of carbonyl (C=O) groups is 2. The summed E-state index contributed by atoms with van der Waals surface area (Å²) in [7, 11) is 0. The Hall–Kier alpha value is -1.63. The number of hydrogen-bond acceptors (Lipinski definition) is 4. The molecule has 21 heavy (non-hydrogen) atoms. The second kappa shape index (κ2) is 7.40. The number of halogens is 1. The van der Waals surface area contributed by atoms with Crippen LogP contribution in [0.3, 0.4) is 0 Å². The van der Waals surface area contributed by atoms with E-state index >= 15 is 0 Å². The molecule has 2 amide bonds. The summed E-state index contributed by atoms with van der Waals surface area (Å²) in [4.78, 5) is 26.9. The molecule has 0 spiro atoms.